The van der Waals surface area contributed by atoms with Crippen LogP contribution in [0.3, 0.4) is 0 Å². The largest absolute Gasteiger partial charge is 0.348 e. The molecule has 1 aliphatic heterocycles. The fraction of sp³-hybridized carbons (Fsp3) is 0.280. The summed E-state index contributed by atoms with van der Waals surface area (Å²) in [7, 11) is 0. The lowest BCUT2D eigenvalue weighted by Gasteiger charge is -2.34. The lowest BCUT2D eigenvalue weighted by Crippen LogP contribution is -2.51. The highest BCUT2D eigenvalue weighted by molar-refractivity contribution is 9.10. The summed E-state index contributed by atoms with van der Waals surface area (Å²) in [6.45, 7) is 4.96. The Kier molecular flexibility index (Phi) is 6.68. The van der Waals surface area contributed by atoms with Crippen LogP contribution in [-0.2, 0) is 4.79 Å². The first-order valence-electron chi connectivity index (χ1n) is 10.6. The monoisotopic (exact) mass is 479 g/mol. The molecule has 4 rings (SSSR count). The quantitative estimate of drug-likeness (QED) is 0.595. The molecule has 2 amide bonds. The van der Waals surface area contributed by atoms with Gasteiger partial charge in [-0.25, -0.2) is 0 Å². The maximum absolute atomic E-state index is 13.1. The Labute approximate surface area is 191 Å². The number of carbonyl (C=O) groups excluding carboxylic acids is 2. The zero-order valence-corrected chi connectivity index (χ0v) is 19.1. The normalized spacial score (nSPS) is 15.6. The van der Waals surface area contributed by atoms with Crippen molar-refractivity contribution in [3.05, 3.63) is 82.3 Å². The Morgan fingerprint density at radius 1 is 0.935 bits per heavy atom. The SMILES string of the molecule is CC(NC(=O)CN1CCN(C(=O)c2cccc3ccccc23)CC1)c1ccc(Br)cc1. The summed E-state index contributed by atoms with van der Waals surface area (Å²) in [5, 5.41) is 5.12. The molecule has 0 bridgehead atoms. The maximum atomic E-state index is 13.1. The van der Waals surface area contributed by atoms with Gasteiger partial charge >= 0.3 is 0 Å². The standard InChI is InChI=1S/C25H26BrN3O2/c1-18(19-9-11-21(26)12-10-19)27-24(30)17-28-13-15-29(16-14-28)25(31)23-8-4-6-20-5-2-3-7-22(20)23/h2-12,18H,13-17H2,1H3,(H,27,30). The highest BCUT2D eigenvalue weighted by atomic mass is 79.9. The van der Waals surface area contributed by atoms with Crippen LogP contribution in [0.15, 0.2) is 71.2 Å². The number of rotatable bonds is 5. The number of hydrogen-bond donors (Lipinski definition) is 1. The van der Waals surface area contributed by atoms with Gasteiger partial charge in [-0.05, 0) is 41.5 Å². The third kappa shape index (κ3) is 5.14. The minimum absolute atomic E-state index is 0.00393. The smallest absolute Gasteiger partial charge is 0.254 e. The number of fused-ring (bicyclic) bond motifs is 1. The minimum atomic E-state index is -0.0465. The molecule has 1 unspecified atom stereocenters. The van der Waals surface area contributed by atoms with Crippen LogP contribution in [0, 0.1) is 0 Å². The van der Waals surface area contributed by atoms with Crippen LogP contribution in [0.25, 0.3) is 10.8 Å². The molecular weight excluding hydrogens is 454 g/mol. The van der Waals surface area contributed by atoms with E-state index in [2.05, 4.69) is 26.1 Å². The Bertz CT molecular complexity index is 1070. The number of carbonyl (C=O) groups is 2. The molecule has 0 saturated carbocycles. The molecular formula is C25H26BrN3O2. The average molecular weight is 480 g/mol. The maximum Gasteiger partial charge on any atom is 0.254 e. The van der Waals surface area contributed by atoms with E-state index in [0.717, 1.165) is 26.4 Å². The highest BCUT2D eigenvalue weighted by Crippen LogP contribution is 2.21. The predicted octanol–water partition coefficient (Wildman–Crippen LogP) is 4.24. The molecule has 1 N–H and O–H groups in total. The van der Waals surface area contributed by atoms with Gasteiger partial charge in [0, 0.05) is 36.2 Å². The molecule has 3 aromatic carbocycles. The van der Waals surface area contributed by atoms with Gasteiger partial charge in [0.1, 0.15) is 0 Å². The van der Waals surface area contributed by atoms with Gasteiger partial charge in [0.25, 0.3) is 5.91 Å². The number of nitrogens with zero attached hydrogens (tertiary/aromatic N) is 2. The van der Waals surface area contributed by atoms with Gasteiger partial charge in [-0.1, -0.05) is 64.5 Å². The van der Waals surface area contributed by atoms with Crippen molar-refractivity contribution in [2.75, 3.05) is 32.7 Å². The lowest BCUT2D eigenvalue weighted by molar-refractivity contribution is -0.123. The summed E-state index contributed by atoms with van der Waals surface area (Å²) in [5.74, 6) is 0.0639. The van der Waals surface area contributed by atoms with E-state index in [1.807, 2.05) is 78.6 Å². The second kappa shape index (κ2) is 9.62. The van der Waals surface area contributed by atoms with Crippen molar-refractivity contribution >= 4 is 38.5 Å². The second-order valence-electron chi connectivity index (χ2n) is 7.94. The number of benzene rings is 3. The van der Waals surface area contributed by atoms with E-state index in [4.69, 9.17) is 0 Å². The predicted molar refractivity (Wildman–Crippen MR) is 127 cm³/mol. The molecule has 5 nitrogen and oxygen atoms in total. The van der Waals surface area contributed by atoms with Gasteiger partial charge in [0.2, 0.25) is 5.91 Å². The van der Waals surface area contributed by atoms with Gasteiger partial charge in [-0.2, -0.15) is 0 Å². The molecule has 0 radical (unpaired) electrons. The summed E-state index contributed by atoms with van der Waals surface area (Å²) in [5.41, 5.74) is 1.81. The molecule has 3 aromatic rings. The zero-order valence-electron chi connectivity index (χ0n) is 17.6. The van der Waals surface area contributed by atoms with Crippen molar-refractivity contribution in [2.45, 2.75) is 13.0 Å². The molecule has 0 aliphatic carbocycles. The second-order valence-corrected chi connectivity index (χ2v) is 8.85. The van der Waals surface area contributed by atoms with E-state index < -0.39 is 0 Å². The number of amides is 2. The Balaban J connectivity index is 1.30. The zero-order chi connectivity index (χ0) is 21.8. The molecule has 0 aromatic heterocycles. The average Bonchev–Trinajstić information content (AvgIpc) is 2.79. The molecule has 6 heteroatoms. The Morgan fingerprint density at radius 3 is 2.35 bits per heavy atom. The summed E-state index contributed by atoms with van der Waals surface area (Å²) < 4.78 is 1.02. The van der Waals surface area contributed by atoms with Crippen LogP contribution in [0.1, 0.15) is 28.9 Å². The molecule has 31 heavy (non-hydrogen) atoms. The van der Waals surface area contributed by atoms with Crippen molar-refractivity contribution < 1.29 is 9.59 Å². The van der Waals surface area contributed by atoms with Gasteiger partial charge < -0.3 is 10.2 Å². The molecule has 160 valence electrons. The van der Waals surface area contributed by atoms with Gasteiger partial charge in [-0.15, -0.1) is 0 Å². The molecule has 1 aliphatic rings. The number of piperazine rings is 1. The van der Waals surface area contributed by atoms with E-state index >= 15 is 0 Å². The fourth-order valence-corrected chi connectivity index (χ4v) is 4.28. The van der Waals surface area contributed by atoms with Crippen LogP contribution >= 0.6 is 15.9 Å². The van der Waals surface area contributed by atoms with Crippen molar-refractivity contribution in [1.29, 1.82) is 0 Å². The van der Waals surface area contributed by atoms with E-state index in [1.54, 1.807) is 0 Å². The van der Waals surface area contributed by atoms with Gasteiger partial charge in [0.05, 0.1) is 12.6 Å². The van der Waals surface area contributed by atoms with Gasteiger partial charge in [-0.3, -0.25) is 14.5 Å². The van der Waals surface area contributed by atoms with E-state index in [-0.39, 0.29) is 17.9 Å². The number of nitrogens with one attached hydrogen (secondary N) is 1. The third-order valence-electron chi connectivity index (χ3n) is 5.79. The molecule has 1 heterocycles. The molecule has 0 spiro atoms. The first-order valence-corrected chi connectivity index (χ1v) is 11.3. The Hall–Kier alpha value is -2.70. The van der Waals surface area contributed by atoms with Crippen molar-refractivity contribution in [3.8, 4) is 0 Å². The fourth-order valence-electron chi connectivity index (χ4n) is 4.02. The van der Waals surface area contributed by atoms with Crippen LogP contribution in [0.2, 0.25) is 0 Å². The summed E-state index contributed by atoms with van der Waals surface area (Å²) >= 11 is 3.43. The number of halogens is 1. The molecule has 1 atom stereocenters. The van der Waals surface area contributed by atoms with Crippen molar-refractivity contribution in [1.82, 2.24) is 15.1 Å². The Morgan fingerprint density at radius 2 is 1.61 bits per heavy atom. The minimum Gasteiger partial charge on any atom is -0.348 e. The summed E-state index contributed by atoms with van der Waals surface area (Å²) in [6.07, 6.45) is 0. The highest BCUT2D eigenvalue weighted by Gasteiger charge is 2.24. The van der Waals surface area contributed by atoms with Crippen LogP contribution in [-0.4, -0.2) is 54.3 Å². The van der Waals surface area contributed by atoms with Crippen molar-refractivity contribution in [3.63, 3.8) is 0 Å². The van der Waals surface area contributed by atoms with E-state index in [9.17, 15) is 9.59 Å². The first kappa shape index (κ1) is 21.5. The van der Waals surface area contributed by atoms with Crippen LogP contribution in [0.4, 0.5) is 0 Å². The van der Waals surface area contributed by atoms with Gasteiger partial charge in [0.15, 0.2) is 0 Å². The summed E-state index contributed by atoms with van der Waals surface area (Å²) in [6, 6.07) is 21.7. The molecule has 1 saturated heterocycles. The lowest BCUT2D eigenvalue weighted by atomic mass is 10.0. The topological polar surface area (TPSA) is 52.7 Å². The molecule has 1 fully saturated rings. The van der Waals surface area contributed by atoms with Crippen LogP contribution in [0.5, 0.6) is 0 Å². The first-order chi connectivity index (χ1) is 15.0. The third-order valence-corrected chi connectivity index (χ3v) is 6.32. The van der Waals surface area contributed by atoms with E-state index in [1.165, 1.54) is 0 Å². The summed E-state index contributed by atoms with van der Waals surface area (Å²) in [4.78, 5) is 29.6. The van der Waals surface area contributed by atoms with E-state index in [0.29, 0.717) is 32.7 Å². The number of hydrogen-bond acceptors (Lipinski definition) is 3. The van der Waals surface area contributed by atoms with Crippen molar-refractivity contribution in [2.24, 2.45) is 0 Å². The van der Waals surface area contributed by atoms with Crippen LogP contribution < -0.4 is 5.32 Å².